The molecule has 0 saturated heterocycles. The Balaban J connectivity index is 0.834. The number of nitrogens with zero attached hydrogens (tertiary/aromatic N) is 3. The second kappa shape index (κ2) is 15.1. The van der Waals surface area contributed by atoms with Crippen molar-refractivity contribution in [3.05, 3.63) is 287 Å². The summed E-state index contributed by atoms with van der Waals surface area (Å²) in [6.07, 6.45) is 1.87. The molecule has 2 aliphatic carbocycles. The lowest BCUT2D eigenvalue weighted by Gasteiger charge is -2.39. The van der Waals surface area contributed by atoms with Crippen LogP contribution in [0.5, 0.6) is 23.0 Å². The molecule has 0 saturated carbocycles. The Morgan fingerprint density at radius 2 is 0.838 bits per heavy atom. The summed E-state index contributed by atoms with van der Waals surface area (Å²) in [5, 5.41) is 12.1. The van der Waals surface area contributed by atoms with Crippen LogP contribution in [0.2, 0.25) is 0 Å². The SMILES string of the molecule is N#Cc1ccccc1-c1ccc2c(c1)Oc1ccccc1C21c2ccccc2-c2cc(-c3cc4ccc(-c5ccc6c(c5)Oc5ccccc5C65c6ccccc6-c6ccccc65)nc4c4ncccc34)ccc21. The summed E-state index contributed by atoms with van der Waals surface area (Å²) in [4.78, 5) is 10.5. The molecule has 2 aliphatic heterocycles. The maximum atomic E-state index is 10.0. The number of rotatable bonds is 3. The Morgan fingerprint density at radius 1 is 0.351 bits per heavy atom. The fraction of sp³-hybridized carbons (Fsp3) is 0.0290. The van der Waals surface area contributed by atoms with E-state index in [0.717, 1.165) is 101 Å². The summed E-state index contributed by atoms with van der Waals surface area (Å²) in [6.45, 7) is 0. The smallest absolute Gasteiger partial charge is 0.132 e. The minimum atomic E-state index is -0.646. The van der Waals surface area contributed by atoms with Crippen LogP contribution in [0.25, 0.3) is 77.6 Å². The fourth-order valence-electron chi connectivity index (χ4n) is 13.3. The molecule has 4 heterocycles. The van der Waals surface area contributed by atoms with E-state index in [-0.39, 0.29) is 0 Å². The van der Waals surface area contributed by atoms with Crippen molar-refractivity contribution in [1.29, 1.82) is 5.26 Å². The first-order valence-corrected chi connectivity index (χ1v) is 25.1. The average Bonchev–Trinajstić information content (AvgIpc) is 4.00. The minimum Gasteiger partial charge on any atom is -0.457 e. The van der Waals surface area contributed by atoms with Gasteiger partial charge in [0.05, 0.1) is 39.2 Å². The van der Waals surface area contributed by atoms with Gasteiger partial charge in [-0.2, -0.15) is 5.26 Å². The predicted molar refractivity (Wildman–Crippen MR) is 293 cm³/mol. The third-order valence-electron chi connectivity index (χ3n) is 16.3. The lowest BCUT2D eigenvalue weighted by atomic mass is 9.66. The van der Waals surface area contributed by atoms with Crippen LogP contribution in [0.3, 0.4) is 0 Å². The van der Waals surface area contributed by atoms with Crippen LogP contribution in [0.15, 0.2) is 237 Å². The number of fused-ring (bicyclic) bond motifs is 21. The molecule has 10 aromatic carbocycles. The van der Waals surface area contributed by atoms with E-state index in [9.17, 15) is 5.26 Å². The Hall–Kier alpha value is -9.89. The van der Waals surface area contributed by atoms with E-state index in [0.29, 0.717) is 5.56 Å². The number of ether oxygens (including phenoxy) is 2. The van der Waals surface area contributed by atoms with Gasteiger partial charge in [0, 0.05) is 44.8 Å². The number of hydrogen-bond acceptors (Lipinski definition) is 5. The average molecular weight is 942 g/mol. The van der Waals surface area contributed by atoms with Gasteiger partial charge in [0.1, 0.15) is 23.0 Å². The molecule has 1 unspecified atom stereocenters. The minimum absolute atomic E-state index is 0.528. The zero-order valence-corrected chi connectivity index (χ0v) is 39.7. The van der Waals surface area contributed by atoms with Crippen molar-refractivity contribution in [1.82, 2.24) is 9.97 Å². The molecule has 1 atom stereocenters. The number of para-hydroxylation sites is 2. The molecule has 16 rings (SSSR count). The Morgan fingerprint density at radius 3 is 1.47 bits per heavy atom. The van der Waals surface area contributed by atoms with Crippen LogP contribution in [0.4, 0.5) is 0 Å². The first kappa shape index (κ1) is 40.8. The van der Waals surface area contributed by atoms with Crippen molar-refractivity contribution >= 4 is 21.8 Å². The molecule has 2 spiro atoms. The van der Waals surface area contributed by atoms with Crippen molar-refractivity contribution in [3.63, 3.8) is 0 Å². The molecular weight excluding hydrogens is 903 g/mol. The number of hydrogen-bond donors (Lipinski definition) is 0. The summed E-state index contributed by atoms with van der Waals surface area (Å²) in [6, 6.07) is 84.3. The fourth-order valence-corrected chi connectivity index (χ4v) is 13.3. The molecule has 12 aromatic rings. The first-order valence-electron chi connectivity index (χ1n) is 25.1. The Labute approximate surface area is 426 Å². The zero-order valence-electron chi connectivity index (χ0n) is 39.7. The summed E-state index contributed by atoms with van der Waals surface area (Å²) >= 11 is 0. The van der Waals surface area contributed by atoms with E-state index in [1.54, 1.807) is 0 Å². The Bertz CT molecular complexity index is 4440. The van der Waals surface area contributed by atoms with Crippen molar-refractivity contribution in [2.75, 3.05) is 0 Å². The zero-order chi connectivity index (χ0) is 48.7. The number of pyridine rings is 2. The van der Waals surface area contributed by atoms with Crippen molar-refractivity contribution in [3.8, 4) is 84.8 Å². The maximum absolute atomic E-state index is 10.0. The first-order chi connectivity index (χ1) is 36.6. The number of nitriles is 1. The normalized spacial score (nSPS) is 15.4. The van der Waals surface area contributed by atoms with E-state index in [2.05, 4.69) is 200 Å². The van der Waals surface area contributed by atoms with Gasteiger partial charge in [0.15, 0.2) is 0 Å². The highest BCUT2D eigenvalue weighted by Crippen LogP contribution is 2.64. The van der Waals surface area contributed by atoms with Gasteiger partial charge in [-0.15, -0.1) is 0 Å². The third-order valence-corrected chi connectivity index (χ3v) is 16.3. The van der Waals surface area contributed by atoms with Gasteiger partial charge in [-0.1, -0.05) is 176 Å². The van der Waals surface area contributed by atoms with E-state index in [4.69, 9.17) is 19.4 Å². The molecule has 2 aromatic heterocycles. The van der Waals surface area contributed by atoms with E-state index in [1.165, 1.54) is 44.5 Å². The molecule has 342 valence electrons. The topological polar surface area (TPSA) is 68.0 Å². The van der Waals surface area contributed by atoms with Crippen LogP contribution < -0.4 is 9.47 Å². The second-order valence-electron chi connectivity index (χ2n) is 19.8. The maximum Gasteiger partial charge on any atom is 0.132 e. The van der Waals surface area contributed by atoms with Gasteiger partial charge >= 0.3 is 0 Å². The third kappa shape index (κ3) is 5.30. The molecule has 4 aliphatic rings. The quantitative estimate of drug-likeness (QED) is 0.165. The monoisotopic (exact) mass is 941 g/mol. The summed E-state index contributed by atoms with van der Waals surface area (Å²) in [5.41, 5.74) is 21.2. The predicted octanol–water partition coefficient (Wildman–Crippen LogP) is 16.6. The molecule has 5 heteroatoms. The van der Waals surface area contributed by atoms with Gasteiger partial charge in [0.25, 0.3) is 0 Å². The summed E-state index contributed by atoms with van der Waals surface area (Å²) in [5.74, 6) is 3.28. The second-order valence-corrected chi connectivity index (χ2v) is 19.8. The molecule has 0 bridgehead atoms. The molecule has 0 radical (unpaired) electrons. The largest absolute Gasteiger partial charge is 0.457 e. The van der Waals surface area contributed by atoms with Crippen LogP contribution in [-0.2, 0) is 10.8 Å². The van der Waals surface area contributed by atoms with Crippen LogP contribution in [0, 0.1) is 11.3 Å². The highest BCUT2D eigenvalue weighted by molar-refractivity contribution is 6.11. The van der Waals surface area contributed by atoms with Gasteiger partial charge < -0.3 is 9.47 Å². The number of aromatic nitrogens is 2. The van der Waals surface area contributed by atoms with Gasteiger partial charge in [0.2, 0.25) is 0 Å². The molecular formula is C69H39N3O2. The molecule has 0 fully saturated rings. The van der Waals surface area contributed by atoms with E-state index < -0.39 is 10.8 Å². The van der Waals surface area contributed by atoms with Crippen molar-refractivity contribution in [2.45, 2.75) is 10.8 Å². The highest BCUT2D eigenvalue weighted by atomic mass is 16.5. The Kier molecular flexibility index (Phi) is 8.31. The van der Waals surface area contributed by atoms with Gasteiger partial charge in [-0.25, -0.2) is 4.98 Å². The lowest BCUT2D eigenvalue weighted by Crippen LogP contribution is -2.32. The van der Waals surface area contributed by atoms with Crippen LogP contribution in [-0.4, -0.2) is 9.97 Å². The molecule has 5 nitrogen and oxygen atoms in total. The standard InChI is InChI=1S/C69H39N3O2/c70-40-45-14-1-2-15-46(45)42-28-32-59-64(38-42)73-63-26-12-10-24-58(63)69(59)55-22-8-5-18-49(55)52-36-41(27-31-56(52)69)51-37-44-30-34-61(72-66(44)67-50(51)19-13-35-71-67)43-29-33-60-65(39-43)74-62-25-11-9-23-57(62)68(60)53-20-6-3-16-47(53)48-17-4-7-21-54(48)68/h1-39H. The van der Waals surface area contributed by atoms with E-state index >= 15 is 0 Å². The van der Waals surface area contributed by atoms with Crippen LogP contribution in [0.1, 0.15) is 50.1 Å². The molecule has 0 amide bonds. The van der Waals surface area contributed by atoms with E-state index in [1.807, 2.05) is 42.6 Å². The van der Waals surface area contributed by atoms with Crippen LogP contribution >= 0.6 is 0 Å². The molecule has 0 N–H and O–H groups in total. The molecule has 74 heavy (non-hydrogen) atoms. The number of benzene rings is 10. The van der Waals surface area contributed by atoms with Crippen molar-refractivity contribution < 1.29 is 9.47 Å². The summed E-state index contributed by atoms with van der Waals surface area (Å²) in [7, 11) is 0. The van der Waals surface area contributed by atoms with Gasteiger partial charge in [-0.3, -0.25) is 4.98 Å². The van der Waals surface area contributed by atoms with Crippen molar-refractivity contribution in [2.24, 2.45) is 0 Å². The lowest BCUT2D eigenvalue weighted by molar-refractivity contribution is 0.436. The highest BCUT2D eigenvalue weighted by Gasteiger charge is 2.52. The summed E-state index contributed by atoms with van der Waals surface area (Å²) < 4.78 is 13.7. The van der Waals surface area contributed by atoms with Gasteiger partial charge in [-0.05, 0) is 121 Å².